The van der Waals surface area contributed by atoms with Crippen LogP contribution in [-0.4, -0.2) is 20.2 Å². The fourth-order valence-corrected chi connectivity index (χ4v) is 3.08. The number of nitrogens with one attached hydrogen (secondary N) is 1. The van der Waals surface area contributed by atoms with Crippen molar-refractivity contribution in [2.24, 2.45) is 0 Å². The van der Waals surface area contributed by atoms with Gasteiger partial charge in [-0.3, -0.25) is 19.3 Å². The average Bonchev–Trinajstić information content (AvgIpc) is 3.02. The number of carbonyl (C=O) groups excluding carboxylic acids is 1. The Bertz CT molecular complexity index is 1140. The number of amides is 1. The van der Waals surface area contributed by atoms with E-state index in [1.54, 1.807) is 13.8 Å². The summed E-state index contributed by atoms with van der Waals surface area (Å²) in [5.74, 6) is -0.756. The summed E-state index contributed by atoms with van der Waals surface area (Å²) in [6.45, 7) is 3.32. The second-order valence-corrected chi connectivity index (χ2v) is 6.65. The predicted octanol–water partition coefficient (Wildman–Crippen LogP) is 5.04. The summed E-state index contributed by atoms with van der Waals surface area (Å²) in [7, 11) is 0. The van der Waals surface area contributed by atoms with E-state index in [2.05, 4.69) is 10.3 Å². The number of nitro groups is 1. The number of halogens is 4. The molecule has 0 saturated carbocycles. The molecule has 0 aliphatic heterocycles. The SMILES string of the molecule is CCc1nc2c(Cl)cc(C(F)(F)F)cn2c1C(=O)Nc1cc([N+](=O)[O-])ccc1C. The highest BCUT2D eigenvalue weighted by Gasteiger charge is 2.33. The lowest BCUT2D eigenvalue weighted by molar-refractivity contribution is -0.384. The van der Waals surface area contributed by atoms with Gasteiger partial charge in [-0.15, -0.1) is 0 Å². The van der Waals surface area contributed by atoms with Crippen LogP contribution in [0.3, 0.4) is 0 Å². The maximum absolute atomic E-state index is 13.2. The monoisotopic (exact) mass is 426 g/mol. The molecule has 1 amide bonds. The first-order valence-electron chi connectivity index (χ1n) is 8.37. The van der Waals surface area contributed by atoms with Gasteiger partial charge in [0.15, 0.2) is 5.65 Å². The molecule has 0 fully saturated rings. The Hall–Kier alpha value is -3.14. The Morgan fingerprint density at radius 2 is 2.03 bits per heavy atom. The number of alkyl halides is 3. The normalized spacial score (nSPS) is 11.7. The second-order valence-electron chi connectivity index (χ2n) is 6.24. The van der Waals surface area contributed by atoms with Crippen molar-refractivity contribution in [1.29, 1.82) is 0 Å². The van der Waals surface area contributed by atoms with E-state index in [1.165, 1.54) is 18.2 Å². The molecule has 11 heteroatoms. The lowest BCUT2D eigenvalue weighted by Crippen LogP contribution is -2.18. The zero-order chi connectivity index (χ0) is 21.5. The van der Waals surface area contributed by atoms with Gasteiger partial charge in [0.1, 0.15) is 5.69 Å². The van der Waals surface area contributed by atoms with Gasteiger partial charge in [0.2, 0.25) is 0 Å². The van der Waals surface area contributed by atoms with E-state index in [-0.39, 0.29) is 39.9 Å². The van der Waals surface area contributed by atoms with Gasteiger partial charge in [0.05, 0.1) is 26.9 Å². The van der Waals surface area contributed by atoms with Crippen molar-refractivity contribution >= 4 is 34.5 Å². The average molecular weight is 427 g/mol. The van der Waals surface area contributed by atoms with Gasteiger partial charge in [-0.2, -0.15) is 13.2 Å². The zero-order valence-electron chi connectivity index (χ0n) is 15.2. The van der Waals surface area contributed by atoms with Crippen molar-refractivity contribution in [3.8, 4) is 0 Å². The van der Waals surface area contributed by atoms with E-state index in [4.69, 9.17) is 11.6 Å². The van der Waals surface area contributed by atoms with Crippen LogP contribution in [0.5, 0.6) is 0 Å². The molecule has 29 heavy (non-hydrogen) atoms. The minimum Gasteiger partial charge on any atom is -0.320 e. The number of carbonyl (C=O) groups is 1. The van der Waals surface area contributed by atoms with Crippen molar-refractivity contribution in [2.75, 3.05) is 5.32 Å². The van der Waals surface area contributed by atoms with Crippen molar-refractivity contribution in [2.45, 2.75) is 26.4 Å². The first kappa shape index (κ1) is 20.6. The Kier molecular flexibility index (Phi) is 5.22. The Morgan fingerprint density at radius 1 is 1.34 bits per heavy atom. The standard InChI is InChI=1S/C18H14ClF3N4O3/c1-3-13-15(17(27)24-14-7-11(26(28)29)5-4-9(14)2)25-8-10(18(20,21)22)6-12(19)16(25)23-13/h4-8H,3H2,1-2H3,(H,24,27). The first-order chi connectivity index (χ1) is 13.5. The van der Waals surface area contributed by atoms with Gasteiger partial charge in [-0.25, -0.2) is 4.98 Å². The minimum absolute atomic E-state index is 0.0115. The molecule has 3 aromatic rings. The third kappa shape index (κ3) is 3.88. The van der Waals surface area contributed by atoms with Gasteiger partial charge in [-0.1, -0.05) is 24.6 Å². The molecule has 1 N–H and O–H groups in total. The quantitative estimate of drug-likeness (QED) is 0.467. The van der Waals surface area contributed by atoms with Crippen molar-refractivity contribution < 1.29 is 22.9 Å². The number of nitro benzene ring substituents is 1. The summed E-state index contributed by atoms with van der Waals surface area (Å²) in [6.07, 6.45) is -3.66. The number of benzene rings is 1. The summed E-state index contributed by atoms with van der Waals surface area (Å²) in [5.41, 5.74) is -0.424. The van der Waals surface area contributed by atoms with Crippen molar-refractivity contribution in [3.05, 3.63) is 68.1 Å². The highest BCUT2D eigenvalue weighted by atomic mass is 35.5. The van der Waals surface area contributed by atoms with Crippen LogP contribution in [0.4, 0.5) is 24.5 Å². The van der Waals surface area contributed by atoms with Crippen LogP contribution in [-0.2, 0) is 12.6 Å². The Labute approximate surface area is 167 Å². The maximum atomic E-state index is 13.2. The van der Waals surface area contributed by atoms with Crippen LogP contribution < -0.4 is 5.32 Å². The zero-order valence-corrected chi connectivity index (χ0v) is 15.9. The molecule has 3 rings (SSSR count). The third-order valence-corrected chi connectivity index (χ3v) is 4.58. The topological polar surface area (TPSA) is 89.5 Å². The van der Waals surface area contributed by atoms with Gasteiger partial charge in [0.25, 0.3) is 11.6 Å². The molecule has 0 aliphatic carbocycles. The molecule has 1 aromatic carbocycles. The number of non-ortho nitro benzene ring substituents is 1. The molecule has 152 valence electrons. The number of aryl methyl sites for hydroxylation is 2. The molecule has 0 spiro atoms. The molecule has 2 heterocycles. The molecule has 0 unspecified atom stereocenters. The summed E-state index contributed by atoms with van der Waals surface area (Å²) in [4.78, 5) is 27.5. The van der Waals surface area contributed by atoms with Gasteiger partial charge in [-0.05, 0) is 25.0 Å². The fourth-order valence-electron chi connectivity index (χ4n) is 2.83. The molecule has 0 aliphatic rings. The Balaban J connectivity index is 2.13. The number of rotatable bonds is 4. The highest BCUT2D eigenvalue weighted by Crippen LogP contribution is 2.33. The number of fused-ring (bicyclic) bond motifs is 1. The minimum atomic E-state index is -4.67. The maximum Gasteiger partial charge on any atom is 0.417 e. The van der Waals surface area contributed by atoms with Crippen LogP contribution in [0.1, 0.15) is 34.2 Å². The summed E-state index contributed by atoms with van der Waals surface area (Å²) < 4.78 is 40.5. The summed E-state index contributed by atoms with van der Waals surface area (Å²) >= 11 is 5.97. The smallest absolute Gasteiger partial charge is 0.320 e. The van der Waals surface area contributed by atoms with Crippen LogP contribution in [0, 0.1) is 17.0 Å². The van der Waals surface area contributed by atoms with E-state index < -0.39 is 22.6 Å². The molecule has 0 bridgehead atoms. The van der Waals surface area contributed by atoms with Gasteiger partial charge >= 0.3 is 6.18 Å². The Morgan fingerprint density at radius 3 is 2.62 bits per heavy atom. The lowest BCUT2D eigenvalue weighted by Gasteiger charge is -2.11. The summed E-state index contributed by atoms with van der Waals surface area (Å²) in [5, 5.41) is 13.3. The number of nitrogens with zero attached hydrogens (tertiary/aromatic N) is 3. The number of hydrogen-bond donors (Lipinski definition) is 1. The van der Waals surface area contributed by atoms with Crippen LogP contribution in [0.25, 0.3) is 5.65 Å². The van der Waals surface area contributed by atoms with E-state index in [1.807, 2.05) is 0 Å². The number of aromatic nitrogens is 2. The van der Waals surface area contributed by atoms with Crippen molar-refractivity contribution in [3.63, 3.8) is 0 Å². The van der Waals surface area contributed by atoms with Gasteiger partial charge in [0, 0.05) is 18.3 Å². The van der Waals surface area contributed by atoms with Crippen molar-refractivity contribution in [1.82, 2.24) is 9.38 Å². The fraction of sp³-hybridized carbons (Fsp3) is 0.222. The molecule has 0 radical (unpaired) electrons. The van der Waals surface area contributed by atoms with Crippen LogP contribution in [0.15, 0.2) is 30.5 Å². The number of hydrogen-bond acceptors (Lipinski definition) is 4. The number of anilines is 1. The van der Waals surface area contributed by atoms with E-state index in [0.29, 0.717) is 5.56 Å². The molecular formula is C18H14ClF3N4O3. The first-order valence-corrected chi connectivity index (χ1v) is 8.74. The van der Waals surface area contributed by atoms with E-state index in [0.717, 1.165) is 16.7 Å². The largest absolute Gasteiger partial charge is 0.417 e. The van der Waals surface area contributed by atoms with Crippen LogP contribution in [0.2, 0.25) is 5.02 Å². The molecular weight excluding hydrogens is 413 g/mol. The lowest BCUT2D eigenvalue weighted by atomic mass is 10.1. The van der Waals surface area contributed by atoms with Crippen LogP contribution >= 0.6 is 11.6 Å². The molecule has 0 atom stereocenters. The second kappa shape index (κ2) is 7.36. The summed E-state index contributed by atoms with van der Waals surface area (Å²) in [6, 6.07) is 4.67. The molecule has 2 aromatic heterocycles. The number of pyridine rings is 1. The number of imidazole rings is 1. The molecule has 7 nitrogen and oxygen atoms in total. The third-order valence-electron chi connectivity index (χ3n) is 4.30. The molecule has 0 saturated heterocycles. The van der Waals surface area contributed by atoms with Gasteiger partial charge < -0.3 is 5.32 Å². The van der Waals surface area contributed by atoms with E-state index in [9.17, 15) is 28.1 Å². The predicted molar refractivity (Wildman–Crippen MR) is 100 cm³/mol. The van der Waals surface area contributed by atoms with E-state index >= 15 is 0 Å². The highest BCUT2D eigenvalue weighted by molar-refractivity contribution is 6.33.